The van der Waals surface area contributed by atoms with Crippen molar-refractivity contribution in [3.05, 3.63) is 0 Å². The van der Waals surface area contributed by atoms with Crippen LogP contribution in [0.1, 0.15) is 6.42 Å². The summed E-state index contributed by atoms with van der Waals surface area (Å²) in [6.07, 6.45) is 1.31. The van der Waals surface area contributed by atoms with Gasteiger partial charge in [0, 0.05) is 19.6 Å². The summed E-state index contributed by atoms with van der Waals surface area (Å²) < 4.78 is 5.27. The van der Waals surface area contributed by atoms with Crippen LogP contribution in [0.4, 0.5) is 0 Å². The first kappa shape index (κ1) is 5.65. The van der Waals surface area contributed by atoms with Crippen LogP contribution in [0.25, 0.3) is 0 Å². The van der Waals surface area contributed by atoms with Crippen molar-refractivity contribution in [1.29, 1.82) is 0 Å². The fourth-order valence-electron chi connectivity index (χ4n) is 1.46. The fourth-order valence-corrected chi connectivity index (χ4v) is 1.46. The molecule has 0 bridgehead atoms. The molecule has 0 atom stereocenters. The molecule has 2 rings (SSSR count). The van der Waals surface area contributed by atoms with Gasteiger partial charge >= 0.3 is 0 Å². The molecule has 0 spiro atoms. The number of fused-ring (bicyclic) bond motifs is 1. The zero-order valence-corrected chi connectivity index (χ0v) is 5.55. The fraction of sp³-hybridized carbons (Fsp3) is 1.00. The summed E-state index contributed by atoms with van der Waals surface area (Å²) in [7, 11) is 0. The molecule has 0 amide bonds. The predicted molar refractivity (Wildman–Crippen MR) is 33.7 cm³/mol. The summed E-state index contributed by atoms with van der Waals surface area (Å²) in [6.45, 7) is 5.26. The SMILES string of the molecule is C1CN2CCOCN2C1. The zero-order chi connectivity index (χ0) is 6.10. The van der Waals surface area contributed by atoms with Gasteiger partial charge in [-0.3, -0.25) is 0 Å². The minimum Gasteiger partial charge on any atom is -0.363 e. The topological polar surface area (TPSA) is 15.7 Å². The van der Waals surface area contributed by atoms with E-state index in [1.54, 1.807) is 0 Å². The standard InChI is InChI=1S/C6H12N2O/c1-2-7-4-5-9-6-8(7)3-1/h1-6H2. The van der Waals surface area contributed by atoms with Gasteiger partial charge in [0.2, 0.25) is 0 Å². The van der Waals surface area contributed by atoms with Gasteiger partial charge in [-0.2, -0.15) is 0 Å². The maximum absolute atomic E-state index is 5.27. The van der Waals surface area contributed by atoms with Gasteiger partial charge in [0.05, 0.1) is 6.61 Å². The summed E-state index contributed by atoms with van der Waals surface area (Å²) in [6, 6.07) is 0. The van der Waals surface area contributed by atoms with Gasteiger partial charge in [0.15, 0.2) is 0 Å². The number of nitrogens with zero attached hydrogens (tertiary/aromatic N) is 2. The molecule has 0 aliphatic carbocycles. The van der Waals surface area contributed by atoms with Gasteiger partial charge < -0.3 is 4.74 Å². The summed E-state index contributed by atoms with van der Waals surface area (Å²) in [4.78, 5) is 0. The second kappa shape index (κ2) is 2.25. The summed E-state index contributed by atoms with van der Waals surface area (Å²) in [5, 5.41) is 4.66. The van der Waals surface area contributed by atoms with Crippen molar-refractivity contribution in [3.8, 4) is 0 Å². The quantitative estimate of drug-likeness (QED) is 0.453. The smallest absolute Gasteiger partial charge is 0.112 e. The van der Waals surface area contributed by atoms with Gasteiger partial charge in [-0.15, -0.1) is 0 Å². The molecule has 3 nitrogen and oxygen atoms in total. The lowest BCUT2D eigenvalue weighted by Gasteiger charge is -2.31. The predicted octanol–water partition coefficient (Wildman–Crippen LogP) is -0.103. The normalized spacial score (nSPS) is 30.7. The Morgan fingerprint density at radius 2 is 1.89 bits per heavy atom. The summed E-state index contributed by atoms with van der Waals surface area (Å²) >= 11 is 0. The Balaban J connectivity index is 1.97. The molecule has 0 aromatic carbocycles. The minimum atomic E-state index is 0.819. The molecular weight excluding hydrogens is 116 g/mol. The zero-order valence-electron chi connectivity index (χ0n) is 5.55. The van der Waals surface area contributed by atoms with E-state index < -0.39 is 0 Å². The van der Waals surface area contributed by atoms with E-state index in [4.69, 9.17) is 4.74 Å². The molecule has 52 valence electrons. The van der Waals surface area contributed by atoms with Crippen LogP contribution in [0.2, 0.25) is 0 Å². The van der Waals surface area contributed by atoms with E-state index >= 15 is 0 Å². The van der Waals surface area contributed by atoms with E-state index in [0.717, 1.165) is 19.9 Å². The Morgan fingerprint density at radius 3 is 2.78 bits per heavy atom. The average Bonchev–Trinajstić information content (AvgIpc) is 2.33. The second-order valence-corrected chi connectivity index (χ2v) is 2.57. The van der Waals surface area contributed by atoms with Crippen LogP contribution >= 0.6 is 0 Å². The van der Waals surface area contributed by atoms with Crippen molar-refractivity contribution in [2.45, 2.75) is 6.42 Å². The van der Waals surface area contributed by atoms with Crippen molar-refractivity contribution in [3.63, 3.8) is 0 Å². The van der Waals surface area contributed by atoms with Gasteiger partial charge in [-0.05, 0) is 6.42 Å². The van der Waals surface area contributed by atoms with E-state index in [9.17, 15) is 0 Å². The Hall–Kier alpha value is -0.120. The number of hydrogen-bond donors (Lipinski definition) is 0. The molecule has 2 aliphatic heterocycles. The first-order valence-corrected chi connectivity index (χ1v) is 3.54. The first-order valence-electron chi connectivity index (χ1n) is 3.54. The first-order chi connectivity index (χ1) is 4.47. The highest BCUT2D eigenvalue weighted by molar-refractivity contribution is 4.67. The maximum atomic E-state index is 5.27. The van der Waals surface area contributed by atoms with Crippen molar-refractivity contribution in [2.75, 3.05) is 33.0 Å². The van der Waals surface area contributed by atoms with Gasteiger partial charge in [0.25, 0.3) is 0 Å². The Morgan fingerprint density at radius 1 is 1.00 bits per heavy atom. The molecule has 0 aromatic rings. The highest BCUT2D eigenvalue weighted by Gasteiger charge is 2.23. The summed E-state index contributed by atoms with van der Waals surface area (Å²) in [5.74, 6) is 0. The molecule has 2 fully saturated rings. The van der Waals surface area contributed by atoms with Crippen molar-refractivity contribution in [2.24, 2.45) is 0 Å². The Bertz CT molecular complexity index is 95.2. The lowest BCUT2D eigenvalue weighted by molar-refractivity contribution is -0.128. The molecule has 0 N–H and O–H groups in total. The minimum absolute atomic E-state index is 0.819. The van der Waals surface area contributed by atoms with Gasteiger partial charge in [-0.1, -0.05) is 0 Å². The van der Waals surface area contributed by atoms with E-state index in [1.165, 1.54) is 19.5 Å². The third-order valence-corrected chi connectivity index (χ3v) is 1.97. The van der Waals surface area contributed by atoms with E-state index in [0.29, 0.717) is 0 Å². The monoisotopic (exact) mass is 128 g/mol. The van der Waals surface area contributed by atoms with Crippen molar-refractivity contribution >= 4 is 0 Å². The van der Waals surface area contributed by atoms with Crippen LogP contribution < -0.4 is 0 Å². The highest BCUT2D eigenvalue weighted by Crippen LogP contribution is 2.12. The molecule has 3 heteroatoms. The lowest BCUT2D eigenvalue weighted by Crippen LogP contribution is -2.44. The van der Waals surface area contributed by atoms with Crippen LogP contribution in [0.5, 0.6) is 0 Å². The number of ether oxygens (including phenoxy) is 1. The van der Waals surface area contributed by atoms with Gasteiger partial charge in [-0.25, -0.2) is 10.0 Å². The van der Waals surface area contributed by atoms with Crippen molar-refractivity contribution in [1.82, 2.24) is 10.0 Å². The molecule has 2 heterocycles. The van der Waals surface area contributed by atoms with Crippen LogP contribution in [0.15, 0.2) is 0 Å². The van der Waals surface area contributed by atoms with E-state index in [2.05, 4.69) is 10.0 Å². The van der Waals surface area contributed by atoms with Crippen LogP contribution in [-0.4, -0.2) is 43.0 Å². The lowest BCUT2D eigenvalue weighted by atomic mass is 10.5. The summed E-state index contributed by atoms with van der Waals surface area (Å²) in [5.41, 5.74) is 0. The third kappa shape index (κ3) is 0.956. The third-order valence-electron chi connectivity index (χ3n) is 1.97. The molecular formula is C6H12N2O. The second-order valence-electron chi connectivity index (χ2n) is 2.57. The Kier molecular flexibility index (Phi) is 1.41. The molecule has 0 saturated carbocycles. The molecule has 0 radical (unpaired) electrons. The average molecular weight is 128 g/mol. The number of hydrazine groups is 1. The number of hydrogen-bond acceptors (Lipinski definition) is 3. The van der Waals surface area contributed by atoms with Crippen LogP contribution in [-0.2, 0) is 4.74 Å². The Labute approximate surface area is 55.2 Å². The van der Waals surface area contributed by atoms with Crippen LogP contribution in [0, 0.1) is 0 Å². The van der Waals surface area contributed by atoms with E-state index in [1.807, 2.05) is 0 Å². The largest absolute Gasteiger partial charge is 0.363 e. The number of rotatable bonds is 0. The maximum Gasteiger partial charge on any atom is 0.112 e. The molecule has 0 unspecified atom stereocenters. The van der Waals surface area contributed by atoms with Gasteiger partial charge in [0.1, 0.15) is 6.73 Å². The van der Waals surface area contributed by atoms with E-state index in [-0.39, 0.29) is 0 Å². The van der Waals surface area contributed by atoms with Crippen molar-refractivity contribution < 1.29 is 4.74 Å². The molecule has 2 aliphatic rings. The highest BCUT2D eigenvalue weighted by atomic mass is 16.5. The molecule has 2 saturated heterocycles. The molecule has 0 aromatic heterocycles. The van der Waals surface area contributed by atoms with Crippen LogP contribution in [0.3, 0.4) is 0 Å². The molecule has 9 heavy (non-hydrogen) atoms.